The summed E-state index contributed by atoms with van der Waals surface area (Å²) in [6, 6.07) is 12.9. The van der Waals surface area contributed by atoms with Gasteiger partial charge in [0, 0.05) is 17.0 Å². The molecule has 0 N–H and O–H groups in total. The predicted molar refractivity (Wildman–Crippen MR) is 99.7 cm³/mol. The maximum absolute atomic E-state index is 13.7. The van der Waals surface area contributed by atoms with Gasteiger partial charge in [0.25, 0.3) is 0 Å². The van der Waals surface area contributed by atoms with Crippen molar-refractivity contribution in [1.82, 2.24) is 0 Å². The molecule has 2 rings (SSSR count). The Morgan fingerprint density at radius 2 is 1.71 bits per heavy atom. The van der Waals surface area contributed by atoms with Gasteiger partial charge in [-0.1, -0.05) is 54.6 Å². The van der Waals surface area contributed by atoms with E-state index in [1.54, 1.807) is 24.3 Å². The summed E-state index contributed by atoms with van der Waals surface area (Å²) >= 11 is 0. The Morgan fingerprint density at radius 3 is 2.25 bits per heavy atom. The molecule has 0 amide bonds. The van der Waals surface area contributed by atoms with E-state index in [1.165, 1.54) is 6.26 Å². The maximum atomic E-state index is 13.7. The summed E-state index contributed by atoms with van der Waals surface area (Å²) in [5.74, 6) is 0. The van der Waals surface area contributed by atoms with Gasteiger partial charge in [-0.25, -0.2) is 0 Å². The third-order valence-corrected chi connectivity index (χ3v) is 6.86. The molecular weight excluding hydrogens is 319 g/mol. The van der Waals surface area contributed by atoms with Crippen LogP contribution in [0.25, 0.3) is 0 Å². The molecule has 0 aliphatic carbocycles. The fourth-order valence-electron chi connectivity index (χ4n) is 2.98. The molecule has 0 saturated heterocycles. The number of carbonyl (C=O) groups excluding carboxylic acids is 1. The minimum absolute atomic E-state index is 0.161. The molecular formula is C20H23O3P. The van der Waals surface area contributed by atoms with Crippen molar-refractivity contribution < 1.29 is 14.1 Å². The number of rotatable bonds is 7. The van der Waals surface area contributed by atoms with Crippen molar-refractivity contribution in [2.45, 2.75) is 20.8 Å². The molecule has 0 bridgehead atoms. The molecule has 4 heteroatoms. The summed E-state index contributed by atoms with van der Waals surface area (Å²) in [6.07, 6.45) is 1.47. The van der Waals surface area contributed by atoms with Crippen molar-refractivity contribution in [2.75, 3.05) is 12.8 Å². The lowest BCUT2D eigenvalue weighted by Crippen LogP contribution is -2.19. The van der Waals surface area contributed by atoms with Crippen molar-refractivity contribution in [3.05, 3.63) is 77.6 Å². The lowest BCUT2D eigenvalue weighted by molar-refractivity contribution is 0.107. The number of carbonyl (C=O) groups is 1. The number of benzene rings is 2. The molecule has 0 heterocycles. The highest BCUT2D eigenvalue weighted by atomic mass is 31.2. The fraction of sp³-hybridized carbons (Fsp3) is 0.250. The Balaban J connectivity index is 2.54. The first kappa shape index (κ1) is 18.2. The van der Waals surface area contributed by atoms with E-state index in [-0.39, 0.29) is 18.3 Å². The normalized spacial score (nSPS) is 13.1. The van der Waals surface area contributed by atoms with Crippen LogP contribution in [0, 0.1) is 20.8 Å². The van der Waals surface area contributed by atoms with Crippen LogP contribution in [0.4, 0.5) is 0 Å². The highest BCUT2D eigenvalue weighted by Gasteiger charge is 2.35. The van der Waals surface area contributed by atoms with Crippen LogP contribution in [0.15, 0.2) is 55.3 Å². The Bertz CT molecular complexity index is 771. The van der Waals surface area contributed by atoms with Crippen LogP contribution < -0.4 is 5.30 Å². The summed E-state index contributed by atoms with van der Waals surface area (Å²) in [5.41, 5.74) is 3.07. The van der Waals surface area contributed by atoms with Crippen LogP contribution in [0.5, 0.6) is 0 Å². The van der Waals surface area contributed by atoms with Crippen LogP contribution >= 0.6 is 7.14 Å². The Labute approximate surface area is 143 Å². The summed E-state index contributed by atoms with van der Waals surface area (Å²) in [4.78, 5) is 13.3. The first-order chi connectivity index (χ1) is 11.4. The van der Waals surface area contributed by atoms with E-state index in [0.717, 1.165) is 16.7 Å². The van der Waals surface area contributed by atoms with E-state index in [9.17, 15) is 9.36 Å². The molecule has 0 aromatic heterocycles. The lowest BCUT2D eigenvalue weighted by Gasteiger charge is -2.20. The summed E-state index contributed by atoms with van der Waals surface area (Å²) in [6.45, 7) is 9.47. The van der Waals surface area contributed by atoms with E-state index in [1.807, 2.05) is 39.0 Å². The largest absolute Gasteiger partial charge is 0.501 e. The second-order valence-corrected chi connectivity index (χ2v) is 8.76. The van der Waals surface area contributed by atoms with Gasteiger partial charge in [-0.05, 0) is 31.9 Å². The highest BCUT2D eigenvalue weighted by molar-refractivity contribution is 7.87. The lowest BCUT2D eigenvalue weighted by atomic mass is 10.0. The van der Waals surface area contributed by atoms with E-state index in [2.05, 4.69) is 6.58 Å². The minimum atomic E-state index is -3.30. The average Bonchev–Trinajstić information content (AvgIpc) is 2.54. The van der Waals surface area contributed by atoms with Gasteiger partial charge < -0.3 is 9.30 Å². The van der Waals surface area contributed by atoms with E-state index in [4.69, 9.17) is 4.74 Å². The van der Waals surface area contributed by atoms with Gasteiger partial charge in [-0.15, -0.1) is 0 Å². The van der Waals surface area contributed by atoms with Crippen LogP contribution in [-0.4, -0.2) is 18.3 Å². The third kappa shape index (κ3) is 3.68. The van der Waals surface area contributed by atoms with Gasteiger partial charge in [-0.3, -0.25) is 4.79 Å². The molecule has 1 unspecified atom stereocenters. The van der Waals surface area contributed by atoms with Gasteiger partial charge in [-0.2, -0.15) is 0 Å². The predicted octanol–water partition coefficient (Wildman–Crippen LogP) is 4.60. The van der Waals surface area contributed by atoms with Crippen molar-refractivity contribution >= 4 is 18.0 Å². The maximum Gasteiger partial charge on any atom is 0.226 e. The quantitative estimate of drug-likeness (QED) is 0.419. The van der Waals surface area contributed by atoms with Crippen LogP contribution in [0.1, 0.15) is 27.0 Å². The minimum Gasteiger partial charge on any atom is -0.501 e. The van der Waals surface area contributed by atoms with Gasteiger partial charge in [0.1, 0.15) is 0 Å². The van der Waals surface area contributed by atoms with Crippen molar-refractivity contribution in [3.8, 4) is 0 Å². The van der Waals surface area contributed by atoms with Crippen LogP contribution in [0.2, 0.25) is 0 Å². The Hall–Kier alpha value is -2.12. The summed E-state index contributed by atoms with van der Waals surface area (Å²) in [5, 5.41) is 0.571. The summed E-state index contributed by atoms with van der Waals surface area (Å²) in [7, 11) is -3.30. The highest BCUT2D eigenvalue weighted by Crippen LogP contribution is 2.48. The molecule has 3 nitrogen and oxygen atoms in total. The average molecular weight is 342 g/mol. The zero-order valence-electron chi connectivity index (χ0n) is 14.4. The molecule has 0 aliphatic rings. The first-order valence-corrected chi connectivity index (χ1v) is 9.79. The SMILES string of the molecule is C=COCCP(=O)(C(=O)c1c(C)cc(C)cc1C)c1ccccc1. The van der Waals surface area contributed by atoms with Crippen molar-refractivity contribution in [1.29, 1.82) is 0 Å². The standard InChI is InChI=1S/C20H23O3P/c1-5-23-11-12-24(22,18-9-7-6-8-10-18)20(21)19-16(3)13-15(2)14-17(19)4/h5-10,13-14H,1,11-12H2,2-4H3. The van der Waals surface area contributed by atoms with Gasteiger partial charge in [0.2, 0.25) is 5.52 Å². The molecule has 0 spiro atoms. The van der Waals surface area contributed by atoms with Crippen molar-refractivity contribution in [2.24, 2.45) is 0 Å². The molecule has 0 fully saturated rings. The summed E-state index contributed by atoms with van der Waals surface area (Å²) < 4.78 is 18.9. The topological polar surface area (TPSA) is 43.4 Å². The Kier molecular flexibility index (Phi) is 5.80. The molecule has 2 aromatic rings. The molecule has 24 heavy (non-hydrogen) atoms. The van der Waals surface area contributed by atoms with Crippen molar-refractivity contribution in [3.63, 3.8) is 0 Å². The number of hydrogen-bond acceptors (Lipinski definition) is 3. The monoisotopic (exact) mass is 342 g/mol. The van der Waals surface area contributed by atoms with E-state index < -0.39 is 7.14 Å². The molecule has 2 aromatic carbocycles. The van der Waals surface area contributed by atoms with E-state index >= 15 is 0 Å². The molecule has 0 aliphatic heterocycles. The molecule has 1 atom stereocenters. The van der Waals surface area contributed by atoms with Crippen LogP contribution in [0.3, 0.4) is 0 Å². The molecule has 0 saturated carbocycles. The number of ether oxygens (including phenoxy) is 1. The molecule has 0 radical (unpaired) electrons. The fourth-order valence-corrected chi connectivity index (χ4v) is 5.41. The third-order valence-electron chi connectivity index (χ3n) is 4.03. The zero-order valence-corrected chi connectivity index (χ0v) is 15.3. The Morgan fingerprint density at radius 1 is 1.12 bits per heavy atom. The number of aryl methyl sites for hydroxylation is 3. The number of hydrogen-bond donors (Lipinski definition) is 0. The smallest absolute Gasteiger partial charge is 0.226 e. The second kappa shape index (κ2) is 7.63. The van der Waals surface area contributed by atoms with E-state index in [0.29, 0.717) is 10.9 Å². The second-order valence-electron chi connectivity index (χ2n) is 5.92. The molecule has 126 valence electrons. The van der Waals surface area contributed by atoms with Gasteiger partial charge in [0.05, 0.1) is 12.9 Å². The first-order valence-electron chi connectivity index (χ1n) is 7.90. The van der Waals surface area contributed by atoms with Gasteiger partial charge >= 0.3 is 0 Å². The van der Waals surface area contributed by atoms with Gasteiger partial charge in [0.15, 0.2) is 7.14 Å². The zero-order chi connectivity index (χ0) is 17.7. The van der Waals surface area contributed by atoms with Crippen LogP contribution in [-0.2, 0) is 9.30 Å².